The number of sulfonamides is 1. The van der Waals surface area contributed by atoms with Crippen LogP contribution >= 0.6 is 11.6 Å². The van der Waals surface area contributed by atoms with Crippen molar-refractivity contribution in [2.24, 2.45) is 0 Å². The van der Waals surface area contributed by atoms with Gasteiger partial charge in [0.15, 0.2) is 0 Å². The molecule has 0 fully saturated rings. The van der Waals surface area contributed by atoms with Crippen molar-refractivity contribution in [1.82, 2.24) is 4.72 Å². The number of rotatable bonds is 4. The van der Waals surface area contributed by atoms with E-state index < -0.39 is 21.5 Å². The third-order valence-electron chi connectivity index (χ3n) is 2.30. The van der Waals surface area contributed by atoms with E-state index in [1.807, 2.05) is 4.72 Å². The third kappa shape index (κ3) is 3.44. The number of hydrogen-bond acceptors (Lipinski definition) is 4. The second-order valence-corrected chi connectivity index (χ2v) is 6.38. The molecular weight excluding hydrogens is 292 g/mol. The van der Waals surface area contributed by atoms with Crippen LogP contribution in [0.25, 0.3) is 0 Å². The molecule has 0 aliphatic heterocycles. The predicted molar refractivity (Wildman–Crippen MR) is 68.2 cm³/mol. The largest absolute Gasteiger partial charge is 0.480 e. The Morgan fingerprint density at radius 1 is 1.47 bits per heavy atom. The highest BCUT2D eigenvalue weighted by molar-refractivity contribution is 7.89. The molecule has 0 aliphatic rings. The molecule has 102 valence electrons. The highest BCUT2D eigenvalue weighted by Crippen LogP contribution is 2.21. The van der Waals surface area contributed by atoms with Crippen molar-refractivity contribution in [2.75, 3.05) is 0 Å². The van der Waals surface area contributed by atoms with Crippen LogP contribution < -0.4 is 4.72 Å². The number of benzene rings is 1. The van der Waals surface area contributed by atoms with Crippen LogP contribution in [0, 0.1) is 11.3 Å². The Labute approximate surface area is 115 Å². The average molecular weight is 303 g/mol. The van der Waals surface area contributed by atoms with Crippen LogP contribution in [-0.2, 0) is 14.8 Å². The third-order valence-corrected chi connectivity index (χ3v) is 4.26. The number of halogens is 1. The number of carboxylic acid groups (broad SMARTS) is 1. The number of nitrogens with zero attached hydrogens (tertiary/aromatic N) is 1. The lowest BCUT2D eigenvalue weighted by molar-refractivity contribution is -0.142. The lowest BCUT2D eigenvalue weighted by atomic mass is 10.1. The van der Waals surface area contributed by atoms with E-state index in [4.69, 9.17) is 22.0 Å². The molecule has 1 aromatic rings. The summed E-state index contributed by atoms with van der Waals surface area (Å²) in [5.41, 5.74) is -1.52. The molecule has 0 atom stereocenters. The van der Waals surface area contributed by atoms with Gasteiger partial charge in [-0.3, -0.25) is 4.79 Å². The summed E-state index contributed by atoms with van der Waals surface area (Å²) < 4.78 is 26.0. The Bertz CT molecular complexity index is 662. The highest BCUT2D eigenvalue weighted by Gasteiger charge is 2.33. The Morgan fingerprint density at radius 3 is 2.47 bits per heavy atom. The van der Waals surface area contributed by atoms with Crippen molar-refractivity contribution < 1.29 is 18.3 Å². The summed E-state index contributed by atoms with van der Waals surface area (Å²) in [5.74, 6) is -1.31. The van der Waals surface area contributed by atoms with E-state index in [0.717, 1.165) is 6.07 Å². The zero-order valence-corrected chi connectivity index (χ0v) is 11.7. The zero-order chi connectivity index (χ0) is 14.8. The summed E-state index contributed by atoms with van der Waals surface area (Å²) >= 11 is 5.74. The minimum absolute atomic E-state index is 0.0153. The Balaban J connectivity index is 3.19. The van der Waals surface area contributed by atoms with Gasteiger partial charge in [-0.1, -0.05) is 11.6 Å². The fourth-order valence-corrected chi connectivity index (χ4v) is 2.88. The van der Waals surface area contributed by atoms with E-state index in [1.54, 1.807) is 6.07 Å². The first-order valence-corrected chi connectivity index (χ1v) is 6.93. The molecule has 0 aliphatic carbocycles. The molecule has 19 heavy (non-hydrogen) atoms. The van der Waals surface area contributed by atoms with Gasteiger partial charge < -0.3 is 5.11 Å². The van der Waals surface area contributed by atoms with E-state index in [-0.39, 0.29) is 15.5 Å². The van der Waals surface area contributed by atoms with Gasteiger partial charge in [-0.2, -0.15) is 9.98 Å². The number of hydrogen-bond donors (Lipinski definition) is 2. The molecule has 0 bridgehead atoms. The molecular formula is C11H11ClN2O4S. The Kier molecular flexibility index (Phi) is 4.20. The van der Waals surface area contributed by atoms with Gasteiger partial charge in [0.25, 0.3) is 0 Å². The number of nitrogens with one attached hydrogen (secondary N) is 1. The Hall–Kier alpha value is -1.62. The van der Waals surface area contributed by atoms with E-state index in [9.17, 15) is 13.2 Å². The molecule has 0 radical (unpaired) electrons. The molecule has 1 aromatic carbocycles. The van der Waals surface area contributed by atoms with Gasteiger partial charge in [0.1, 0.15) is 11.6 Å². The van der Waals surface area contributed by atoms with E-state index in [0.29, 0.717) is 0 Å². The standard InChI is InChI=1S/C11H11ClN2O4S/c1-11(2,10(15)16)14-19(17,18)8-4-3-7(6-13)9(12)5-8/h3-5,14H,1-2H3,(H,15,16). The monoisotopic (exact) mass is 302 g/mol. The number of aliphatic carboxylic acids is 1. The number of nitriles is 1. The second kappa shape index (κ2) is 5.17. The summed E-state index contributed by atoms with van der Waals surface area (Å²) in [6.07, 6.45) is 0. The first-order chi connectivity index (χ1) is 8.60. The van der Waals surface area contributed by atoms with E-state index >= 15 is 0 Å². The summed E-state index contributed by atoms with van der Waals surface area (Å²) in [6.45, 7) is 2.44. The van der Waals surface area contributed by atoms with Crippen LogP contribution in [0.5, 0.6) is 0 Å². The molecule has 0 saturated heterocycles. The lowest BCUT2D eigenvalue weighted by Crippen LogP contribution is -2.49. The zero-order valence-electron chi connectivity index (χ0n) is 10.1. The van der Waals surface area contributed by atoms with Crippen LogP contribution in [0.1, 0.15) is 19.4 Å². The van der Waals surface area contributed by atoms with Gasteiger partial charge in [0.2, 0.25) is 10.0 Å². The molecule has 8 heteroatoms. The maximum Gasteiger partial charge on any atom is 0.324 e. The van der Waals surface area contributed by atoms with Crippen molar-refractivity contribution in [3.05, 3.63) is 28.8 Å². The van der Waals surface area contributed by atoms with Crippen molar-refractivity contribution in [2.45, 2.75) is 24.3 Å². The first kappa shape index (κ1) is 15.4. The van der Waals surface area contributed by atoms with E-state index in [2.05, 4.69) is 0 Å². The topological polar surface area (TPSA) is 107 Å². The maximum atomic E-state index is 12.0. The van der Waals surface area contributed by atoms with Crippen LogP contribution in [0.2, 0.25) is 5.02 Å². The molecule has 1 rings (SSSR count). The van der Waals surface area contributed by atoms with Gasteiger partial charge in [0, 0.05) is 0 Å². The van der Waals surface area contributed by atoms with Crippen LogP contribution in [0.4, 0.5) is 0 Å². The molecule has 0 heterocycles. The normalized spacial score (nSPS) is 11.9. The van der Waals surface area contributed by atoms with Gasteiger partial charge in [0.05, 0.1) is 15.5 Å². The highest BCUT2D eigenvalue weighted by atomic mass is 35.5. The van der Waals surface area contributed by atoms with Crippen LogP contribution in [-0.4, -0.2) is 25.0 Å². The minimum atomic E-state index is -4.04. The SMILES string of the molecule is CC(C)(NS(=O)(=O)c1ccc(C#N)c(Cl)c1)C(=O)O. The molecule has 0 saturated carbocycles. The molecule has 6 nitrogen and oxygen atoms in total. The predicted octanol–water partition coefficient (Wildman–Crippen LogP) is 1.35. The summed E-state index contributed by atoms with van der Waals surface area (Å²) in [7, 11) is -4.04. The first-order valence-electron chi connectivity index (χ1n) is 5.07. The molecule has 0 spiro atoms. The lowest BCUT2D eigenvalue weighted by Gasteiger charge is -2.20. The van der Waals surface area contributed by atoms with Gasteiger partial charge in [-0.15, -0.1) is 0 Å². The average Bonchev–Trinajstić information content (AvgIpc) is 2.27. The molecule has 0 aromatic heterocycles. The van der Waals surface area contributed by atoms with Crippen molar-refractivity contribution in [1.29, 1.82) is 5.26 Å². The molecule has 0 amide bonds. The fourth-order valence-electron chi connectivity index (χ4n) is 1.19. The fraction of sp³-hybridized carbons (Fsp3) is 0.273. The number of carboxylic acids is 1. The minimum Gasteiger partial charge on any atom is -0.480 e. The number of carbonyl (C=O) groups is 1. The van der Waals surface area contributed by atoms with Gasteiger partial charge in [-0.05, 0) is 32.0 Å². The van der Waals surface area contributed by atoms with Crippen LogP contribution in [0.15, 0.2) is 23.1 Å². The van der Waals surface area contributed by atoms with Crippen molar-refractivity contribution >= 4 is 27.6 Å². The van der Waals surface area contributed by atoms with Crippen LogP contribution in [0.3, 0.4) is 0 Å². The van der Waals surface area contributed by atoms with Crippen molar-refractivity contribution in [3.63, 3.8) is 0 Å². The summed E-state index contributed by atoms with van der Waals surface area (Å²) in [5, 5.41) is 17.6. The quantitative estimate of drug-likeness (QED) is 0.873. The van der Waals surface area contributed by atoms with E-state index in [1.165, 1.54) is 26.0 Å². The summed E-state index contributed by atoms with van der Waals surface area (Å²) in [6, 6.07) is 5.34. The smallest absolute Gasteiger partial charge is 0.324 e. The Morgan fingerprint density at radius 2 is 2.05 bits per heavy atom. The van der Waals surface area contributed by atoms with Gasteiger partial charge in [-0.25, -0.2) is 8.42 Å². The molecule has 2 N–H and O–H groups in total. The maximum absolute atomic E-state index is 12.0. The summed E-state index contributed by atoms with van der Waals surface area (Å²) in [4.78, 5) is 10.7. The van der Waals surface area contributed by atoms with Crippen molar-refractivity contribution in [3.8, 4) is 6.07 Å². The molecule has 0 unspecified atom stereocenters. The second-order valence-electron chi connectivity index (χ2n) is 4.29. The van der Waals surface area contributed by atoms with Gasteiger partial charge >= 0.3 is 5.97 Å².